The van der Waals surface area contributed by atoms with E-state index in [4.69, 9.17) is 16.7 Å². The second-order valence-corrected chi connectivity index (χ2v) is 10.3. The van der Waals surface area contributed by atoms with Crippen LogP contribution in [0.15, 0.2) is 30.3 Å². The summed E-state index contributed by atoms with van der Waals surface area (Å²) in [6.07, 6.45) is 0.427. The molecular formula is C24H35ClN4O2. The first-order valence-corrected chi connectivity index (χ1v) is 11.2. The van der Waals surface area contributed by atoms with Crippen LogP contribution in [0.5, 0.6) is 0 Å². The number of aromatic nitrogens is 2. The third-order valence-corrected chi connectivity index (χ3v) is 4.92. The summed E-state index contributed by atoms with van der Waals surface area (Å²) >= 11 is 6.03. The number of carbonyl (C=O) groups is 2. The van der Waals surface area contributed by atoms with Crippen molar-refractivity contribution in [3.05, 3.63) is 41.0 Å². The lowest BCUT2D eigenvalue weighted by Crippen LogP contribution is -2.40. The van der Waals surface area contributed by atoms with Crippen LogP contribution in [-0.2, 0) is 15.0 Å². The lowest BCUT2D eigenvalue weighted by atomic mass is 9.92. The number of hydrogen-bond acceptors (Lipinski definition) is 3. The molecule has 6 nitrogen and oxygen atoms in total. The smallest absolute Gasteiger partial charge is 0.245 e. The fourth-order valence-electron chi connectivity index (χ4n) is 3.15. The highest BCUT2D eigenvalue weighted by molar-refractivity contribution is 6.30. The second kappa shape index (κ2) is 10.3. The Balaban J connectivity index is 2.28. The fraction of sp³-hybridized carbons (Fsp3) is 0.542. The van der Waals surface area contributed by atoms with Crippen molar-refractivity contribution in [3.8, 4) is 5.69 Å². The molecule has 0 spiro atoms. The third kappa shape index (κ3) is 7.39. The van der Waals surface area contributed by atoms with Gasteiger partial charge in [-0.25, -0.2) is 4.68 Å². The van der Waals surface area contributed by atoms with Crippen LogP contribution in [0.1, 0.15) is 60.6 Å². The number of halogens is 1. The van der Waals surface area contributed by atoms with Gasteiger partial charge < -0.3 is 10.2 Å². The number of nitrogens with zero attached hydrogens (tertiary/aromatic N) is 3. The summed E-state index contributed by atoms with van der Waals surface area (Å²) in [6.45, 7) is 14.9. The number of benzene rings is 1. The van der Waals surface area contributed by atoms with Crippen LogP contribution in [0.25, 0.3) is 5.69 Å². The fourth-order valence-corrected chi connectivity index (χ4v) is 3.27. The molecule has 2 rings (SSSR count). The van der Waals surface area contributed by atoms with E-state index in [2.05, 4.69) is 26.1 Å². The molecule has 0 aliphatic carbocycles. The van der Waals surface area contributed by atoms with Gasteiger partial charge in [0.2, 0.25) is 11.8 Å². The van der Waals surface area contributed by atoms with Crippen LogP contribution < -0.4 is 5.32 Å². The minimum atomic E-state index is -0.242. The van der Waals surface area contributed by atoms with E-state index in [0.29, 0.717) is 23.8 Å². The minimum Gasteiger partial charge on any atom is -0.333 e. The molecule has 0 bridgehead atoms. The van der Waals surface area contributed by atoms with Gasteiger partial charge in [0.05, 0.1) is 17.9 Å². The van der Waals surface area contributed by atoms with Crippen LogP contribution in [0.2, 0.25) is 5.02 Å². The number of nitrogens with one attached hydrogen (secondary N) is 1. The molecule has 1 N–H and O–H groups in total. The first-order chi connectivity index (χ1) is 14.4. The van der Waals surface area contributed by atoms with E-state index in [1.54, 1.807) is 21.7 Å². The van der Waals surface area contributed by atoms with Gasteiger partial charge in [0.15, 0.2) is 0 Å². The number of carbonyl (C=O) groups excluding carboxylic acids is 2. The molecule has 0 atom stereocenters. The quantitative estimate of drug-likeness (QED) is 0.598. The van der Waals surface area contributed by atoms with Crippen molar-refractivity contribution in [1.29, 1.82) is 0 Å². The largest absolute Gasteiger partial charge is 0.333 e. The summed E-state index contributed by atoms with van der Waals surface area (Å²) in [5.41, 5.74) is 1.46. The molecule has 170 valence electrons. The Morgan fingerprint density at radius 3 is 2.23 bits per heavy atom. The van der Waals surface area contributed by atoms with Crippen molar-refractivity contribution in [3.63, 3.8) is 0 Å². The molecular weight excluding hydrogens is 412 g/mol. The van der Waals surface area contributed by atoms with Crippen LogP contribution >= 0.6 is 11.6 Å². The molecule has 0 radical (unpaired) electrons. The van der Waals surface area contributed by atoms with Crippen molar-refractivity contribution < 1.29 is 9.59 Å². The third-order valence-electron chi connectivity index (χ3n) is 4.67. The summed E-state index contributed by atoms with van der Waals surface area (Å²) in [5.74, 6) is 0.841. The Morgan fingerprint density at radius 1 is 1.10 bits per heavy atom. The lowest BCUT2D eigenvalue weighted by molar-refractivity contribution is -0.135. The Hall–Kier alpha value is -2.34. The Labute approximate surface area is 191 Å². The first kappa shape index (κ1) is 24.9. The zero-order chi connectivity index (χ0) is 23.3. The molecule has 0 fully saturated rings. The van der Waals surface area contributed by atoms with Crippen molar-refractivity contribution in [2.24, 2.45) is 11.8 Å². The summed E-state index contributed by atoms with van der Waals surface area (Å²) in [5, 5.41) is 8.31. The molecule has 1 aromatic carbocycles. The SMILES string of the molecule is CC(C)CC(=O)N(CC(=O)Nc1cc(C(C)(C)C)nn1-c1ccc(Cl)cc1)CC(C)C. The minimum absolute atomic E-state index is 0.000407. The second-order valence-electron chi connectivity index (χ2n) is 9.87. The Kier molecular flexibility index (Phi) is 8.29. The maximum absolute atomic E-state index is 12.9. The summed E-state index contributed by atoms with van der Waals surface area (Å²) in [6, 6.07) is 9.17. The van der Waals surface area contributed by atoms with Gasteiger partial charge in [-0.15, -0.1) is 0 Å². The van der Waals surface area contributed by atoms with Gasteiger partial charge in [-0.05, 0) is 36.1 Å². The normalized spacial score (nSPS) is 11.8. The molecule has 31 heavy (non-hydrogen) atoms. The molecule has 1 aromatic heterocycles. The summed E-state index contributed by atoms with van der Waals surface area (Å²) in [7, 11) is 0. The zero-order valence-electron chi connectivity index (χ0n) is 19.7. The van der Waals surface area contributed by atoms with Gasteiger partial charge in [0.1, 0.15) is 5.82 Å². The zero-order valence-corrected chi connectivity index (χ0v) is 20.5. The van der Waals surface area contributed by atoms with Crippen molar-refractivity contribution in [2.45, 2.75) is 60.3 Å². The average molecular weight is 447 g/mol. The van der Waals surface area contributed by atoms with Crippen molar-refractivity contribution >= 4 is 29.2 Å². The monoisotopic (exact) mass is 446 g/mol. The van der Waals surface area contributed by atoms with E-state index < -0.39 is 0 Å². The van der Waals surface area contributed by atoms with E-state index in [9.17, 15) is 9.59 Å². The molecule has 0 saturated carbocycles. The van der Waals surface area contributed by atoms with Crippen molar-refractivity contribution in [2.75, 3.05) is 18.4 Å². The predicted molar refractivity (Wildman–Crippen MR) is 127 cm³/mol. The lowest BCUT2D eigenvalue weighted by Gasteiger charge is -2.25. The average Bonchev–Trinajstić information content (AvgIpc) is 3.05. The van der Waals surface area contributed by atoms with Gasteiger partial charge in [0.25, 0.3) is 0 Å². The molecule has 0 aliphatic heterocycles. The molecule has 2 aromatic rings. The maximum Gasteiger partial charge on any atom is 0.245 e. The number of amides is 2. The van der Waals surface area contributed by atoms with Crippen LogP contribution in [-0.4, -0.2) is 39.6 Å². The van der Waals surface area contributed by atoms with E-state index in [1.807, 2.05) is 45.9 Å². The summed E-state index contributed by atoms with van der Waals surface area (Å²) in [4.78, 5) is 27.2. The summed E-state index contributed by atoms with van der Waals surface area (Å²) < 4.78 is 1.71. The van der Waals surface area contributed by atoms with E-state index in [-0.39, 0.29) is 35.6 Å². The van der Waals surface area contributed by atoms with Crippen LogP contribution in [0.4, 0.5) is 5.82 Å². The molecule has 0 unspecified atom stereocenters. The molecule has 2 amide bonds. The maximum atomic E-state index is 12.9. The highest BCUT2D eigenvalue weighted by Gasteiger charge is 2.23. The van der Waals surface area contributed by atoms with Crippen molar-refractivity contribution in [1.82, 2.24) is 14.7 Å². The van der Waals surface area contributed by atoms with E-state index in [0.717, 1.165) is 11.4 Å². The molecule has 7 heteroatoms. The van der Waals surface area contributed by atoms with E-state index >= 15 is 0 Å². The molecule has 0 saturated heterocycles. The number of hydrogen-bond donors (Lipinski definition) is 1. The highest BCUT2D eigenvalue weighted by Crippen LogP contribution is 2.27. The van der Waals surface area contributed by atoms with Gasteiger partial charge in [-0.3, -0.25) is 9.59 Å². The topological polar surface area (TPSA) is 67.2 Å². The van der Waals surface area contributed by atoms with Gasteiger partial charge in [-0.1, -0.05) is 60.1 Å². The van der Waals surface area contributed by atoms with Gasteiger partial charge in [-0.2, -0.15) is 5.10 Å². The van der Waals surface area contributed by atoms with E-state index in [1.165, 1.54) is 0 Å². The van der Waals surface area contributed by atoms with Crippen LogP contribution in [0, 0.1) is 11.8 Å². The molecule has 0 aliphatic rings. The van der Waals surface area contributed by atoms with Crippen LogP contribution in [0.3, 0.4) is 0 Å². The van der Waals surface area contributed by atoms with Gasteiger partial charge in [0, 0.05) is 29.5 Å². The number of rotatable bonds is 8. The predicted octanol–water partition coefficient (Wildman–Crippen LogP) is 5.29. The standard InChI is InChI=1S/C24H35ClN4O2/c1-16(2)12-23(31)28(14-17(3)4)15-22(30)26-21-13-20(24(5,6)7)27-29(21)19-10-8-18(25)9-11-19/h8-11,13,16-17H,12,14-15H2,1-7H3,(H,26,30). The Bertz CT molecular complexity index is 895. The Morgan fingerprint density at radius 2 is 1.71 bits per heavy atom. The molecule has 1 heterocycles. The number of anilines is 1. The highest BCUT2D eigenvalue weighted by atomic mass is 35.5. The van der Waals surface area contributed by atoms with Gasteiger partial charge >= 0.3 is 0 Å². The first-order valence-electron chi connectivity index (χ1n) is 10.8.